The standard InChI is InChI=1S/C17H20N2O3S/c1-13-5-4-6-16(11-13)19(23(3,21)22)12-14-7-9-15(10-8-14)17(20)18-2/h4-11H,12H2,1-3H3,(H,18,20). The van der Waals surface area contributed by atoms with Crippen LogP contribution in [-0.2, 0) is 16.6 Å². The van der Waals surface area contributed by atoms with Gasteiger partial charge in [-0.1, -0.05) is 24.3 Å². The second-order valence-corrected chi connectivity index (χ2v) is 7.29. The maximum atomic E-state index is 12.1. The van der Waals surface area contributed by atoms with Crippen LogP contribution >= 0.6 is 0 Å². The Kier molecular flexibility index (Phi) is 5.05. The van der Waals surface area contributed by atoms with Gasteiger partial charge in [0.1, 0.15) is 0 Å². The van der Waals surface area contributed by atoms with Crippen LogP contribution in [0.1, 0.15) is 21.5 Å². The number of hydrogen-bond donors (Lipinski definition) is 1. The quantitative estimate of drug-likeness (QED) is 0.914. The molecule has 5 nitrogen and oxygen atoms in total. The predicted octanol–water partition coefficient (Wildman–Crippen LogP) is 2.32. The highest BCUT2D eigenvalue weighted by Crippen LogP contribution is 2.21. The lowest BCUT2D eigenvalue weighted by atomic mass is 10.1. The van der Waals surface area contributed by atoms with Crippen molar-refractivity contribution in [1.29, 1.82) is 0 Å². The summed E-state index contributed by atoms with van der Waals surface area (Å²) in [6, 6.07) is 14.2. The molecule has 2 rings (SSSR count). The molecule has 23 heavy (non-hydrogen) atoms. The first kappa shape index (κ1) is 17.0. The Hall–Kier alpha value is -2.34. The van der Waals surface area contributed by atoms with E-state index in [1.807, 2.05) is 25.1 Å². The van der Waals surface area contributed by atoms with Crippen LogP contribution in [0.5, 0.6) is 0 Å². The Morgan fingerprint density at radius 3 is 2.30 bits per heavy atom. The van der Waals surface area contributed by atoms with E-state index in [0.29, 0.717) is 11.3 Å². The van der Waals surface area contributed by atoms with Gasteiger partial charge in [0.05, 0.1) is 18.5 Å². The number of nitrogens with zero attached hydrogens (tertiary/aromatic N) is 1. The minimum Gasteiger partial charge on any atom is -0.355 e. The molecule has 6 heteroatoms. The summed E-state index contributed by atoms with van der Waals surface area (Å²) in [6.07, 6.45) is 1.19. The maximum absolute atomic E-state index is 12.1. The number of amides is 1. The first-order valence-corrected chi connectivity index (χ1v) is 9.01. The van der Waals surface area contributed by atoms with Crippen molar-refractivity contribution in [3.8, 4) is 0 Å². The molecule has 0 saturated carbocycles. The summed E-state index contributed by atoms with van der Waals surface area (Å²) in [7, 11) is -1.84. The number of rotatable bonds is 5. The normalized spacial score (nSPS) is 11.1. The van der Waals surface area contributed by atoms with Crippen molar-refractivity contribution in [2.24, 2.45) is 0 Å². The monoisotopic (exact) mass is 332 g/mol. The van der Waals surface area contributed by atoms with E-state index in [2.05, 4.69) is 5.32 Å². The van der Waals surface area contributed by atoms with Gasteiger partial charge >= 0.3 is 0 Å². The molecule has 0 unspecified atom stereocenters. The van der Waals surface area contributed by atoms with Gasteiger partial charge in [-0.15, -0.1) is 0 Å². The summed E-state index contributed by atoms with van der Waals surface area (Å²) in [4.78, 5) is 11.5. The van der Waals surface area contributed by atoms with E-state index in [-0.39, 0.29) is 12.5 Å². The predicted molar refractivity (Wildman–Crippen MR) is 92.0 cm³/mol. The second kappa shape index (κ2) is 6.83. The van der Waals surface area contributed by atoms with Crippen LogP contribution in [0.15, 0.2) is 48.5 Å². The van der Waals surface area contributed by atoms with Gasteiger partial charge < -0.3 is 5.32 Å². The molecule has 0 atom stereocenters. The van der Waals surface area contributed by atoms with Crippen LogP contribution in [0.25, 0.3) is 0 Å². The van der Waals surface area contributed by atoms with E-state index in [9.17, 15) is 13.2 Å². The lowest BCUT2D eigenvalue weighted by Crippen LogP contribution is -2.29. The van der Waals surface area contributed by atoms with Gasteiger partial charge in [-0.2, -0.15) is 0 Å². The van der Waals surface area contributed by atoms with Crippen LogP contribution in [0.3, 0.4) is 0 Å². The smallest absolute Gasteiger partial charge is 0.251 e. The first-order chi connectivity index (χ1) is 10.8. The molecular formula is C17H20N2O3S. The molecule has 0 aliphatic heterocycles. The largest absolute Gasteiger partial charge is 0.355 e. The molecular weight excluding hydrogens is 312 g/mol. The molecule has 0 radical (unpaired) electrons. The van der Waals surface area contributed by atoms with Crippen molar-refractivity contribution in [3.05, 3.63) is 65.2 Å². The van der Waals surface area contributed by atoms with Crippen LogP contribution in [0, 0.1) is 6.92 Å². The zero-order valence-corrected chi connectivity index (χ0v) is 14.2. The minimum atomic E-state index is -3.41. The van der Waals surface area contributed by atoms with Crippen LogP contribution in [0.4, 0.5) is 5.69 Å². The highest BCUT2D eigenvalue weighted by Gasteiger charge is 2.18. The Labute approximate surface area is 137 Å². The van der Waals surface area contributed by atoms with Gasteiger partial charge in [-0.3, -0.25) is 9.10 Å². The third kappa shape index (κ3) is 4.32. The number of anilines is 1. The summed E-state index contributed by atoms with van der Waals surface area (Å²) in [5.41, 5.74) is 2.97. The van der Waals surface area contributed by atoms with Crippen molar-refractivity contribution >= 4 is 21.6 Å². The average molecular weight is 332 g/mol. The number of nitrogens with one attached hydrogen (secondary N) is 1. The number of carbonyl (C=O) groups excluding carboxylic acids is 1. The molecule has 1 N–H and O–H groups in total. The molecule has 2 aromatic rings. The molecule has 122 valence electrons. The molecule has 1 amide bonds. The molecule has 0 aromatic heterocycles. The van der Waals surface area contributed by atoms with Crippen molar-refractivity contribution < 1.29 is 13.2 Å². The number of sulfonamides is 1. The Balaban J connectivity index is 2.31. The maximum Gasteiger partial charge on any atom is 0.251 e. The van der Waals surface area contributed by atoms with Crippen molar-refractivity contribution in [2.75, 3.05) is 17.6 Å². The second-order valence-electron chi connectivity index (χ2n) is 5.38. The van der Waals surface area contributed by atoms with Gasteiger partial charge in [0.2, 0.25) is 10.0 Å². The van der Waals surface area contributed by atoms with E-state index in [1.165, 1.54) is 10.6 Å². The number of carbonyl (C=O) groups is 1. The molecule has 2 aromatic carbocycles. The van der Waals surface area contributed by atoms with Crippen molar-refractivity contribution in [2.45, 2.75) is 13.5 Å². The Bertz CT molecular complexity index is 799. The van der Waals surface area contributed by atoms with Crippen LogP contribution in [-0.4, -0.2) is 27.6 Å². The SMILES string of the molecule is CNC(=O)c1ccc(CN(c2cccc(C)c2)S(C)(=O)=O)cc1. The number of hydrogen-bond acceptors (Lipinski definition) is 3. The van der Waals surface area contributed by atoms with Gasteiger partial charge in [0, 0.05) is 12.6 Å². The number of aryl methyl sites for hydroxylation is 1. The fourth-order valence-corrected chi connectivity index (χ4v) is 3.13. The minimum absolute atomic E-state index is 0.171. The molecule has 0 fully saturated rings. The Morgan fingerprint density at radius 1 is 1.13 bits per heavy atom. The fraction of sp³-hybridized carbons (Fsp3) is 0.235. The third-order valence-electron chi connectivity index (χ3n) is 3.46. The summed E-state index contributed by atoms with van der Waals surface area (Å²) in [6.45, 7) is 2.14. The van der Waals surface area contributed by atoms with Crippen LogP contribution in [0.2, 0.25) is 0 Å². The summed E-state index contributed by atoms with van der Waals surface area (Å²) in [5, 5.41) is 2.55. The fourth-order valence-electron chi connectivity index (χ4n) is 2.25. The van der Waals surface area contributed by atoms with Crippen LogP contribution < -0.4 is 9.62 Å². The topological polar surface area (TPSA) is 66.5 Å². The Morgan fingerprint density at radius 2 is 1.78 bits per heavy atom. The molecule has 0 aliphatic rings. The van der Waals surface area contributed by atoms with Gasteiger partial charge in [-0.25, -0.2) is 8.42 Å². The van der Waals surface area contributed by atoms with E-state index in [1.54, 1.807) is 37.4 Å². The van der Waals surface area contributed by atoms with Crippen molar-refractivity contribution in [1.82, 2.24) is 5.32 Å². The van der Waals surface area contributed by atoms with Gasteiger partial charge in [0.25, 0.3) is 5.91 Å². The molecule has 0 aliphatic carbocycles. The van der Waals surface area contributed by atoms with E-state index in [4.69, 9.17) is 0 Å². The summed E-state index contributed by atoms with van der Waals surface area (Å²) >= 11 is 0. The van der Waals surface area contributed by atoms with Gasteiger partial charge in [0.15, 0.2) is 0 Å². The molecule has 0 spiro atoms. The lowest BCUT2D eigenvalue weighted by molar-refractivity contribution is 0.0963. The lowest BCUT2D eigenvalue weighted by Gasteiger charge is -2.23. The first-order valence-electron chi connectivity index (χ1n) is 7.16. The highest BCUT2D eigenvalue weighted by atomic mass is 32.2. The zero-order chi connectivity index (χ0) is 17.0. The molecule has 0 saturated heterocycles. The molecule has 0 heterocycles. The van der Waals surface area contributed by atoms with Crippen molar-refractivity contribution in [3.63, 3.8) is 0 Å². The third-order valence-corrected chi connectivity index (χ3v) is 4.60. The van der Waals surface area contributed by atoms with E-state index >= 15 is 0 Å². The number of benzene rings is 2. The van der Waals surface area contributed by atoms with E-state index in [0.717, 1.165) is 11.1 Å². The zero-order valence-electron chi connectivity index (χ0n) is 13.4. The summed E-state index contributed by atoms with van der Waals surface area (Å²) in [5.74, 6) is -0.171. The summed E-state index contributed by atoms with van der Waals surface area (Å²) < 4.78 is 25.6. The van der Waals surface area contributed by atoms with Gasteiger partial charge in [-0.05, 0) is 42.3 Å². The highest BCUT2D eigenvalue weighted by molar-refractivity contribution is 7.92. The average Bonchev–Trinajstić information content (AvgIpc) is 2.51. The van der Waals surface area contributed by atoms with E-state index < -0.39 is 10.0 Å². The molecule has 0 bridgehead atoms.